The first-order valence-corrected chi connectivity index (χ1v) is 4.61. The molecule has 0 rings (SSSR count). The summed E-state index contributed by atoms with van der Waals surface area (Å²) < 4.78 is 4.93. The number of rotatable bonds is 6. The third-order valence-corrected chi connectivity index (χ3v) is 1.63. The monoisotopic (exact) mass is 200 g/mol. The smallest absolute Gasteiger partial charge is 0.409 e. The highest BCUT2D eigenvalue weighted by atomic mass is 16.6. The first-order valence-electron chi connectivity index (χ1n) is 4.61. The highest BCUT2D eigenvalue weighted by Gasteiger charge is 2.07. The van der Waals surface area contributed by atoms with Gasteiger partial charge < -0.3 is 9.64 Å². The molecule has 0 aromatic carbocycles. The topological polar surface area (TPSA) is 78.3 Å². The molecule has 0 heterocycles. The summed E-state index contributed by atoms with van der Waals surface area (Å²) in [6.45, 7) is 3.13. The summed E-state index contributed by atoms with van der Waals surface area (Å²) in [7, 11) is 1.61. The van der Waals surface area contributed by atoms with Crippen LogP contribution in [-0.4, -0.2) is 37.7 Å². The second kappa shape index (κ2) is 8.19. The first-order chi connectivity index (χ1) is 6.72. The zero-order chi connectivity index (χ0) is 10.8. The molecule has 0 aliphatic carbocycles. The Kier molecular flexibility index (Phi) is 7.36. The fourth-order valence-corrected chi connectivity index (χ4v) is 0.745. The summed E-state index contributed by atoms with van der Waals surface area (Å²) in [6, 6.07) is 0. The summed E-state index contributed by atoms with van der Waals surface area (Å²) in [5, 5.41) is 3.32. The Morgan fingerprint density at radius 3 is 2.93 bits per heavy atom. The maximum Gasteiger partial charge on any atom is 0.409 e. The number of hydrogen-bond donors (Lipinski definition) is 0. The minimum absolute atomic E-state index is 0.274. The second-order valence-electron chi connectivity index (χ2n) is 2.84. The number of ether oxygens (including phenoxy) is 1. The molecule has 0 aliphatic heterocycles. The quantitative estimate of drug-likeness (QED) is 0.285. The van der Waals surface area contributed by atoms with Gasteiger partial charge in [-0.2, -0.15) is 0 Å². The van der Waals surface area contributed by atoms with E-state index in [9.17, 15) is 4.79 Å². The molecular formula is C8H16N4O2. The third kappa shape index (κ3) is 6.14. The predicted molar refractivity (Wildman–Crippen MR) is 52.9 cm³/mol. The van der Waals surface area contributed by atoms with Crippen LogP contribution in [0, 0.1) is 0 Å². The van der Waals surface area contributed by atoms with Crippen molar-refractivity contribution in [2.75, 3.05) is 26.7 Å². The normalized spacial score (nSPS) is 9.00. The van der Waals surface area contributed by atoms with Gasteiger partial charge in [-0.3, -0.25) is 0 Å². The van der Waals surface area contributed by atoms with Crippen molar-refractivity contribution in [2.45, 2.75) is 19.8 Å². The number of hydrogen-bond acceptors (Lipinski definition) is 3. The lowest BCUT2D eigenvalue weighted by Gasteiger charge is -2.15. The van der Waals surface area contributed by atoms with Crippen molar-refractivity contribution >= 4 is 6.09 Å². The van der Waals surface area contributed by atoms with Crippen molar-refractivity contribution in [3.8, 4) is 0 Å². The van der Waals surface area contributed by atoms with E-state index >= 15 is 0 Å². The van der Waals surface area contributed by atoms with E-state index in [0.717, 1.165) is 12.8 Å². The van der Waals surface area contributed by atoms with Gasteiger partial charge in [-0.1, -0.05) is 18.5 Å². The molecule has 14 heavy (non-hydrogen) atoms. The van der Waals surface area contributed by atoms with E-state index in [4.69, 9.17) is 10.3 Å². The second-order valence-corrected chi connectivity index (χ2v) is 2.84. The van der Waals surface area contributed by atoms with Crippen molar-refractivity contribution < 1.29 is 9.53 Å². The highest BCUT2D eigenvalue weighted by molar-refractivity contribution is 5.67. The molecule has 0 aliphatic rings. The summed E-state index contributed by atoms with van der Waals surface area (Å²) in [5.41, 5.74) is 8.01. The van der Waals surface area contributed by atoms with Gasteiger partial charge in [0.05, 0.1) is 6.61 Å². The van der Waals surface area contributed by atoms with Crippen molar-refractivity contribution in [1.82, 2.24) is 4.90 Å². The van der Waals surface area contributed by atoms with Crippen LogP contribution in [0.5, 0.6) is 0 Å². The van der Waals surface area contributed by atoms with Crippen LogP contribution in [0.1, 0.15) is 19.8 Å². The van der Waals surface area contributed by atoms with Gasteiger partial charge in [-0.05, 0) is 12.0 Å². The van der Waals surface area contributed by atoms with Gasteiger partial charge in [-0.15, -0.1) is 0 Å². The van der Waals surface area contributed by atoms with Crippen molar-refractivity contribution in [1.29, 1.82) is 0 Å². The maximum atomic E-state index is 11.2. The van der Waals surface area contributed by atoms with Gasteiger partial charge >= 0.3 is 6.09 Å². The van der Waals surface area contributed by atoms with Crippen LogP contribution in [0.2, 0.25) is 0 Å². The molecule has 0 unspecified atom stereocenters. The number of carbonyl (C=O) groups is 1. The number of likely N-dealkylation sites (N-methyl/N-ethyl adjacent to an activating group) is 1. The Morgan fingerprint density at radius 2 is 2.36 bits per heavy atom. The number of nitrogens with zero attached hydrogens (tertiary/aromatic N) is 4. The minimum Gasteiger partial charge on any atom is -0.449 e. The zero-order valence-electron chi connectivity index (χ0n) is 8.64. The van der Waals surface area contributed by atoms with Gasteiger partial charge in [-0.25, -0.2) is 4.79 Å². The molecule has 6 heteroatoms. The predicted octanol–water partition coefficient (Wildman–Crippen LogP) is 2.17. The minimum atomic E-state index is -0.369. The number of azide groups is 1. The van der Waals surface area contributed by atoms with E-state index in [1.165, 1.54) is 4.90 Å². The van der Waals surface area contributed by atoms with Crippen LogP contribution >= 0.6 is 0 Å². The van der Waals surface area contributed by atoms with Crippen LogP contribution in [0.3, 0.4) is 0 Å². The average Bonchev–Trinajstić information content (AvgIpc) is 2.18. The fourth-order valence-electron chi connectivity index (χ4n) is 0.745. The molecule has 0 saturated heterocycles. The molecule has 0 aromatic rings. The van der Waals surface area contributed by atoms with E-state index in [1.54, 1.807) is 7.05 Å². The molecule has 0 bridgehead atoms. The van der Waals surface area contributed by atoms with Crippen LogP contribution in [0.4, 0.5) is 4.79 Å². The number of carbonyl (C=O) groups excluding carboxylic acids is 1. The van der Waals surface area contributed by atoms with Gasteiger partial charge in [0, 0.05) is 25.0 Å². The number of unbranched alkanes of at least 4 members (excludes halogenated alkanes) is 1. The Labute approximate surface area is 83.5 Å². The summed E-state index contributed by atoms with van der Waals surface area (Å²) in [5.74, 6) is 0. The van der Waals surface area contributed by atoms with Gasteiger partial charge in [0.25, 0.3) is 0 Å². The highest BCUT2D eigenvalue weighted by Crippen LogP contribution is 1.94. The van der Waals surface area contributed by atoms with Crippen LogP contribution in [0.25, 0.3) is 10.4 Å². The molecule has 6 nitrogen and oxygen atoms in total. The first kappa shape index (κ1) is 12.6. The van der Waals surface area contributed by atoms with Crippen molar-refractivity contribution in [3.63, 3.8) is 0 Å². The molecule has 1 amide bonds. The molecule has 0 fully saturated rings. The summed E-state index contributed by atoms with van der Waals surface area (Å²) in [6.07, 6.45) is 1.50. The lowest BCUT2D eigenvalue weighted by molar-refractivity contribution is 0.110. The average molecular weight is 200 g/mol. The molecule has 0 atom stereocenters. The lowest BCUT2D eigenvalue weighted by atomic mass is 10.4. The van der Waals surface area contributed by atoms with Crippen LogP contribution in [-0.2, 0) is 4.74 Å². The van der Waals surface area contributed by atoms with E-state index in [-0.39, 0.29) is 12.6 Å². The standard InChI is InChI=1S/C8H16N4O2/c1-3-4-7-14-8(13)12(2)6-5-10-11-9/h3-7H2,1-2H3. The lowest BCUT2D eigenvalue weighted by Crippen LogP contribution is -2.29. The molecule has 0 N–H and O–H groups in total. The molecular weight excluding hydrogens is 184 g/mol. The summed E-state index contributed by atoms with van der Waals surface area (Å²) >= 11 is 0. The molecule has 0 radical (unpaired) electrons. The Bertz CT molecular complexity index is 213. The van der Waals surface area contributed by atoms with Crippen LogP contribution < -0.4 is 0 Å². The van der Waals surface area contributed by atoms with Gasteiger partial charge in [0.15, 0.2) is 0 Å². The van der Waals surface area contributed by atoms with Crippen molar-refractivity contribution in [2.24, 2.45) is 5.11 Å². The van der Waals surface area contributed by atoms with E-state index in [0.29, 0.717) is 13.2 Å². The largest absolute Gasteiger partial charge is 0.449 e. The number of amides is 1. The SMILES string of the molecule is CCCCOC(=O)N(C)CCN=[N+]=[N-]. The molecule has 80 valence electrons. The maximum absolute atomic E-state index is 11.2. The Balaban J connectivity index is 3.59. The van der Waals surface area contributed by atoms with Crippen molar-refractivity contribution in [3.05, 3.63) is 10.4 Å². The van der Waals surface area contributed by atoms with E-state index < -0.39 is 0 Å². The third-order valence-electron chi connectivity index (χ3n) is 1.63. The van der Waals surface area contributed by atoms with Crippen LogP contribution in [0.15, 0.2) is 5.11 Å². The van der Waals surface area contributed by atoms with E-state index in [2.05, 4.69) is 10.0 Å². The zero-order valence-corrected chi connectivity index (χ0v) is 8.64. The van der Waals surface area contributed by atoms with Gasteiger partial charge in [0.2, 0.25) is 0 Å². The summed E-state index contributed by atoms with van der Waals surface area (Å²) in [4.78, 5) is 15.2. The molecule has 0 aromatic heterocycles. The fraction of sp³-hybridized carbons (Fsp3) is 0.875. The Hall–Kier alpha value is -1.42. The Morgan fingerprint density at radius 1 is 1.64 bits per heavy atom. The molecule has 0 spiro atoms. The van der Waals surface area contributed by atoms with E-state index in [1.807, 2.05) is 6.92 Å². The molecule has 0 saturated carbocycles. The van der Waals surface area contributed by atoms with Gasteiger partial charge in [0.1, 0.15) is 0 Å².